The highest BCUT2D eigenvalue weighted by Crippen LogP contribution is 2.21. The largest absolute Gasteiger partial charge is 0.310 e. The van der Waals surface area contributed by atoms with Gasteiger partial charge in [-0.15, -0.1) is 11.3 Å². The summed E-state index contributed by atoms with van der Waals surface area (Å²) < 4.78 is 26.6. The van der Waals surface area contributed by atoms with Crippen molar-refractivity contribution >= 4 is 27.0 Å². The van der Waals surface area contributed by atoms with Crippen molar-refractivity contribution in [3.05, 3.63) is 28.7 Å². The third kappa shape index (κ3) is 3.79. The molecule has 0 aliphatic heterocycles. The van der Waals surface area contributed by atoms with Crippen molar-refractivity contribution in [2.45, 2.75) is 31.3 Å². The van der Waals surface area contributed by atoms with Crippen molar-refractivity contribution in [1.82, 2.24) is 15.5 Å². The lowest BCUT2D eigenvalue weighted by molar-refractivity contribution is 0.592. The molecule has 0 saturated carbocycles. The first-order valence-corrected chi connectivity index (χ1v) is 8.16. The van der Waals surface area contributed by atoms with Gasteiger partial charge in [-0.05, 0) is 6.07 Å². The van der Waals surface area contributed by atoms with Crippen LogP contribution in [-0.4, -0.2) is 24.7 Å². The van der Waals surface area contributed by atoms with E-state index in [4.69, 9.17) is 0 Å². The van der Waals surface area contributed by atoms with E-state index in [1.807, 2.05) is 13.8 Å². The molecule has 0 atom stereocenters. The maximum absolute atomic E-state index is 12.1. The lowest BCUT2D eigenvalue weighted by Gasteiger charge is -2.05. The van der Waals surface area contributed by atoms with Crippen LogP contribution in [0.15, 0.2) is 28.7 Å². The zero-order valence-corrected chi connectivity index (χ0v) is 12.3. The van der Waals surface area contributed by atoms with E-state index < -0.39 is 10.0 Å². The topological polar surface area (TPSA) is 86.9 Å². The van der Waals surface area contributed by atoms with E-state index in [0.29, 0.717) is 18.3 Å². The van der Waals surface area contributed by atoms with Gasteiger partial charge in [0.2, 0.25) is 0 Å². The molecule has 0 radical (unpaired) electrons. The molecule has 2 aromatic heterocycles. The van der Waals surface area contributed by atoms with Crippen LogP contribution in [0.3, 0.4) is 0 Å². The maximum atomic E-state index is 12.1. The molecule has 2 heterocycles. The summed E-state index contributed by atoms with van der Waals surface area (Å²) in [6.45, 7) is 4.76. The molecule has 0 saturated heterocycles. The Morgan fingerprint density at radius 3 is 2.89 bits per heavy atom. The highest BCUT2D eigenvalue weighted by atomic mass is 32.2. The summed E-state index contributed by atoms with van der Waals surface area (Å²) in [7, 11) is -3.53. The smallest absolute Gasteiger partial charge is 0.262 e. The van der Waals surface area contributed by atoms with Crippen LogP contribution in [0.4, 0.5) is 5.69 Å². The molecule has 104 valence electrons. The van der Waals surface area contributed by atoms with E-state index >= 15 is 0 Å². The second-order valence-corrected chi connectivity index (χ2v) is 7.05. The summed E-state index contributed by atoms with van der Waals surface area (Å²) in [5.74, 6) is 0. The number of nitrogens with zero attached hydrogens (tertiary/aromatic N) is 1. The van der Waals surface area contributed by atoms with Crippen LogP contribution in [0.25, 0.3) is 0 Å². The second kappa shape index (κ2) is 5.72. The fourth-order valence-electron chi connectivity index (χ4n) is 1.42. The number of thiophene rings is 1. The van der Waals surface area contributed by atoms with E-state index in [-0.39, 0.29) is 4.90 Å². The third-order valence-corrected chi connectivity index (χ3v) is 4.82. The van der Waals surface area contributed by atoms with Crippen LogP contribution in [0.1, 0.15) is 18.7 Å². The summed E-state index contributed by atoms with van der Waals surface area (Å²) in [6, 6.07) is 2.05. The summed E-state index contributed by atoms with van der Waals surface area (Å²) in [6.07, 6.45) is 2.91. The highest BCUT2D eigenvalue weighted by molar-refractivity contribution is 7.92. The molecule has 0 fully saturated rings. The molecule has 2 rings (SSSR count). The van der Waals surface area contributed by atoms with Gasteiger partial charge in [0.1, 0.15) is 0 Å². The molecule has 0 aliphatic carbocycles. The fraction of sp³-hybridized carbons (Fsp3) is 0.364. The molecule has 0 amide bonds. The normalized spacial score (nSPS) is 11.9. The number of hydrogen-bond acceptors (Lipinski definition) is 5. The van der Waals surface area contributed by atoms with E-state index in [1.54, 1.807) is 11.4 Å². The number of H-pyrrole nitrogens is 1. The first kappa shape index (κ1) is 14.0. The Labute approximate surface area is 116 Å². The monoisotopic (exact) mass is 300 g/mol. The minimum Gasteiger partial charge on any atom is -0.310 e. The van der Waals surface area contributed by atoms with Crippen LogP contribution < -0.4 is 10.0 Å². The van der Waals surface area contributed by atoms with Crippen molar-refractivity contribution in [1.29, 1.82) is 0 Å². The van der Waals surface area contributed by atoms with Gasteiger partial charge in [0.05, 0.1) is 16.8 Å². The number of hydrogen-bond donors (Lipinski definition) is 3. The Balaban J connectivity index is 2.08. The predicted octanol–water partition coefficient (Wildman–Crippen LogP) is 1.77. The van der Waals surface area contributed by atoms with Gasteiger partial charge < -0.3 is 5.32 Å². The average molecular weight is 300 g/mol. The molecule has 0 aliphatic rings. The molecule has 8 heteroatoms. The summed E-state index contributed by atoms with van der Waals surface area (Å²) >= 11 is 1.43. The molecule has 19 heavy (non-hydrogen) atoms. The highest BCUT2D eigenvalue weighted by Gasteiger charge is 2.16. The zero-order chi connectivity index (χ0) is 13.9. The van der Waals surface area contributed by atoms with Crippen molar-refractivity contribution in [3.8, 4) is 0 Å². The Hall–Kier alpha value is -1.38. The Morgan fingerprint density at radius 2 is 2.26 bits per heavy atom. The number of aromatic amines is 1. The molecule has 0 unspecified atom stereocenters. The predicted molar refractivity (Wildman–Crippen MR) is 75.7 cm³/mol. The van der Waals surface area contributed by atoms with Crippen molar-refractivity contribution in [2.75, 3.05) is 4.72 Å². The van der Waals surface area contributed by atoms with E-state index in [0.717, 1.165) is 4.88 Å². The summed E-state index contributed by atoms with van der Waals surface area (Å²) in [4.78, 5) is 1.26. The standard InChI is InChI=1S/C11H16N4O2S2/c1-8(2)12-6-10-3-11(7-18-10)19(16,17)15-9-4-13-14-5-9/h3-5,7-8,12,15H,6H2,1-2H3,(H,13,14). The van der Waals surface area contributed by atoms with E-state index in [1.165, 1.54) is 23.7 Å². The van der Waals surface area contributed by atoms with Gasteiger partial charge in [-0.1, -0.05) is 13.8 Å². The van der Waals surface area contributed by atoms with Gasteiger partial charge in [0.15, 0.2) is 0 Å². The fourth-order valence-corrected chi connectivity index (χ4v) is 3.68. The van der Waals surface area contributed by atoms with E-state index in [9.17, 15) is 8.42 Å². The van der Waals surface area contributed by atoms with Gasteiger partial charge >= 0.3 is 0 Å². The molecule has 3 N–H and O–H groups in total. The molecule has 0 aromatic carbocycles. The number of nitrogens with one attached hydrogen (secondary N) is 3. The number of rotatable bonds is 6. The molecular weight excluding hydrogens is 284 g/mol. The Kier molecular flexibility index (Phi) is 4.23. The van der Waals surface area contributed by atoms with Crippen molar-refractivity contribution < 1.29 is 8.42 Å². The van der Waals surface area contributed by atoms with Gasteiger partial charge in [-0.2, -0.15) is 5.10 Å². The summed E-state index contributed by atoms with van der Waals surface area (Å²) in [5.41, 5.74) is 0.424. The third-order valence-electron chi connectivity index (χ3n) is 2.37. The average Bonchev–Trinajstić information content (AvgIpc) is 2.96. The number of aromatic nitrogens is 2. The quantitative estimate of drug-likeness (QED) is 0.759. The minimum atomic E-state index is -3.53. The molecule has 6 nitrogen and oxygen atoms in total. The Morgan fingerprint density at radius 1 is 1.47 bits per heavy atom. The summed E-state index contributed by atoms with van der Waals surface area (Å²) in [5, 5.41) is 11.1. The lowest BCUT2D eigenvalue weighted by atomic mass is 10.4. The minimum absolute atomic E-state index is 0.277. The second-order valence-electron chi connectivity index (χ2n) is 4.38. The first-order valence-electron chi connectivity index (χ1n) is 5.80. The van der Waals surface area contributed by atoms with Gasteiger partial charge in [-0.3, -0.25) is 9.82 Å². The molecule has 0 bridgehead atoms. The number of sulfonamides is 1. The molecular formula is C11H16N4O2S2. The molecule has 0 spiro atoms. The number of anilines is 1. The Bertz CT molecular complexity index is 617. The van der Waals surface area contributed by atoms with Crippen LogP contribution >= 0.6 is 11.3 Å². The van der Waals surface area contributed by atoms with Crippen LogP contribution in [0, 0.1) is 0 Å². The van der Waals surface area contributed by atoms with Gasteiger partial charge in [0, 0.05) is 29.0 Å². The van der Waals surface area contributed by atoms with E-state index in [2.05, 4.69) is 20.2 Å². The molecule has 2 aromatic rings. The SMILES string of the molecule is CC(C)NCc1cc(S(=O)(=O)Nc2cn[nH]c2)cs1. The zero-order valence-electron chi connectivity index (χ0n) is 10.7. The maximum Gasteiger partial charge on any atom is 0.262 e. The van der Waals surface area contributed by atoms with Crippen LogP contribution in [-0.2, 0) is 16.6 Å². The lowest BCUT2D eigenvalue weighted by Crippen LogP contribution is -2.21. The van der Waals surface area contributed by atoms with Crippen molar-refractivity contribution in [2.24, 2.45) is 0 Å². The first-order chi connectivity index (χ1) is 8.97. The van der Waals surface area contributed by atoms with Gasteiger partial charge in [0.25, 0.3) is 10.0 Å². The van der Waals surface area contributed by atoms with Crippen molar-refractivity contribution in [3.63, 3.8) is 0 Å². The van der Waals surface area contributed by atoms with Crippen LogP contribution in [0.5, 0.6) is 0 Å². The van der Waals surface area contributed by atoms with Gasteiger partial charge in [-0.25, -0.2) is 8.42 Å². The van der Waals surface area contributed by atoms with Crippen LogP contribution in [0.2, 0.25) is 0 Å².